The fraction of sp³-hybridized carbons (Fsp3) is 0.379. The fourth-order valence-corrected chi connectivity index (χ4v) is 4.95. The summed E-state index contributed by atoms with van der Waals surface area (Å²) in [6.07, 6.45) is -4.67. The Bertz CT molecular complexity index is 1170. The first kappa shape index (κ1) is 25.5. The normalized spacial score (nSPS) is 26.8. The van der Waals surface area contributed by atoms with Gasteiger partial charge in [-0.2, -0.15) is 0 Å². The predicted molar refractivity (Wildman–Crippen MR) is 135 cm³/mol. The van der Waals surface area contributed by atoms with E-state index >= 15 is 0 Å². The second-order valence-corrected chi connectivity index (χ2v) is 9.50. The molecule has 8 heteroatoms. The van der Waals surface area contributed by atoms with Gasteiger partial charge in [0.25, 0.3) is 0 Å². The third-order valence-electron chi connectivity index (χ3n) is 6.99. The molecule has 0 aromatic heterocycles. The monoisotopic (exact) mass is 508 g/mol. The van der Waals surface area contributed by atoms with E-state index in [1.165, 1.54) is 5.56 Å². The molecule has 4 N–H and O–H groups in total. The lowest BCUT2D eigenvalue weighted by Gasteiger charge is -2.40. The highest BCUT2D eigenvalue weighted by molar-refractivity contribution is 5.43. The van der Waals surface area contributed by atoms with Gasteiger partial charge in [0, 0.05) is 12.8 Å². The van der Waals surface area contributed by atoms with Gasteiger partial charge in [-0.1, -0.05) is 36.4 Å². The number of para-hydroxylation sites is 1. The van der Waals surface area contributed by atoms with Crippen LogP contribution in [0, 0.1) is 0 Å². The number of rotatable bonds is 8. The van der Waals surface area contributed by atoms with Crippen molar-refractivity contribution in [3.8, 4) is 17.2 Å². The Morgan fingerprint density at radius 1 is 0.919 bits per heavy atom. The molecule has 0 radical (unpaired) electrons. The number of hydrogen-bond donors (Lipinski definition) is 4. The summed E-state index contributed by atoms with van der Waals surface area (Å²) in [6.45, 7) is -0.0122. The lowest BCUT2D eigenvalue weighted by molar-refractivity contribution is -0.231. The van der Waals surface area contributed by atoms with Crippen LogP contribution in [0.3, 0.4) is 0 Å². The van der Waals surface area contributed by atoms with E-state index in [1.54, 1.807) is 19.2 Å². The summed E-state index contributed by atoms with van der Waals surface area (Å²) >= 11 is 0. The minimum atomic E-state index is -1.43. The lowest BCUT2D eigenvalue weighted by atomic mass is 9.90. The molecular formula is C29H32O8. The topological polar surface area (TPSA) is 118 Å². The van der Waals surface area contributed by atoms with E-state index in [0.717, 1.165) is 29.0 Å². The van der Waals surface area contributed by atoms with E-state index in [2.05, 4.69) is 6.07 Å². The molecule has 37 heavy (non-hydrogen) atoms. The van der Waals surface area contributed by atoms with Gasteiger partial charge in [-0.25, -0.2) is 0 Å². The van der Waals surface area contributed by atoms with Crippen molar-refractivity contribution in [2.45, 2.75) is 49.5 Å². The number of fused-ring (bicyclic) bond motifs is 1. The van der Waals surface area contributed by atoms with Crippen molar-refractivity contribution in [3.63, 3.8) is 0 Å². The molecular weight excluding hydrogens is 476 g/mol. The first-order valence-corrected chi connectivity index (χ1v) is 12.4. The molecule has 0 bridgehead atoms. The van der Waals surface area contributed by atoms with Gasteiger partial charge in [-0.05, 0) is 52.6 Å². The molecule has 196 valence electrons. The molecule has 0 amide bonds. The largest absolute Gasteiger partial charge is 0.496 e. The number of benzene rings is 3. The molecule has 1 fully saturated rings. The Morgan fingerprint density at radius 3 is 2.43 bits per heavy atom. The van der Waals surface area contributed by atoms with Gasteiger partial charge in [-0.3, -0.25) is 0 Å². The average molecular weight is 509 g/mol. The van der Waals surface area contributed by atoms with Gasteiger partial charge < -0.3 is 39.4 Å². The number of hydrogen-bond acceptors (Lipinski definition) is 8. The second-order valence-electron chi connectivity index (χ2n) is 9.50. The van der Waals surface area contributed by atoms with Gasteiger partial charge in [0.05, 0.1) is 13.7 Å². The van der Waals surface area contributed by atoms with Crippen molar-refractivity contribution in [1.29, 1.82) is 0 Å². The molecule has 1 unspecified atom stereocenters. The zero-order valence-corrected chi connectivity index (χ0v) is 20.6. The standard InChI is InChI=1S/C29H32O8/c1-34-23-11-8-19(29-28(33)27(32)26(31)25(15-30)37-29)13-20(23)12-17-6-9-21(10-7-17)35-16-22-14-18-4-2-3-5-24(18)36-22/h2-11,13,22,25-33H,12,14-16H2,1H3/t22?,25-,26-,27+,28-,29+/m1/s1. The van der Waals surface area contributed by atoms with Crippen molar-refractivity contribution in [2.24, 2.45) is 0 Å². The van der Waals surface area contributed by atoms with Crippen molar-refractivity contribution in [3.05, 3.63) is 89.0 Å². The number of ether oxygens (including phenoxy) is 4. The van der Waals surface area contributed by atoms with Crippen LogP contribution < -0.4 is 14.2 Å². The highest BCUT2D eigenvalue weighted by atomic mass is 16.5. The van der Waals surface area contributed by atoms with Crippen LogP contribution in [0.4, 0.5) is 0 Å². The quantitative estimate of drug-likeness (QED) is 0.366. The number of methoxy groups -OCH3 is 1. The predicted octanol–water partition coefficient (Wildman–Crippen LogP) is 2.18. The minimum Gasteiger partial charge on any atom is -0.496 e. The maximum absolute atomic E-state index is 10.5. The van der Waals surface area contributed by atoms with Crippen molar-refractivity contribution < 1.29 is 39.4 Å². The molecule has 5 rings (SSSR count). The average Bonchev–Trinajstić information content (AvgIpc) is 3.35. The minimum absolute atomic E-state index is 0.00787. The molecule has 6 atom stereocenters. The van der Waals surface area contributed by atoms with E-state index < -0.39 is 37.1 Å². The molecule has 3 aromatic rings. The van der Waals surface area contributed by atoms with Crippen LogP contribution in [0.25, 0.3) is 0 Å². The maximum atomic E-state index is 10.5. The Balaban J connectivity index is 1.25. The number of aliphatic hydroxyl groups excluding tert-OH is 4. The van der Waals surface area contributed by atoms with Crippen LogP contribution in [0.1, 0.15) is 28.4 Å². The molecule has 2 heterocycles. The van der Waals surface area contributed by atoms with Crippen molar-refractivity contribution in [2.75, 3.05) is 20.3 Å². The van der Waals surface area contributed by atoms with Crippen LogP contribution in [-0.2, 0) is 17.6 Å². The molecule has 8 nitrogen and oxygen atoms in total. The third kappa shape index (κ3) is 5.44. The third-order valence-corrected chi connectivity index (χ3v) is 6.99. The van der Waals surface area contributed by atoms with Crippen molar-refractivity contribution >= 4 is 0 Å². The summed E-state index contributed by atoms with van der Waals surface area (Å²) < 4.78 is 23.2. The van der Waals surface area contributed by atoms with Gasteiger partial charge in [-0.15, -0.1) is 0 Å². The first-order chi connectivity index (χ1) is 18.0. The molecule has 3 aromatic carbocycles. The van der Waals surface area contributed by atoms with E-state index in [0.29, 0.717) is 24.3 Å². The van der Waals surface area contributed by atoms with Crippen LogP contribution in [0.5, 0.6) is 17.2 Å². The smallest absolute Gasteiger partial charge is 0.137 e. The second kappa shape index (κ2) is 11.1. The highest BCUT2D eigenvalue weighted by Crippen LogP contribution is 2.35. The first-order valence-electron chi connectivity index (χ1n) is 12.4. The van der Waals surface area contributed by atoms with Gasteiger partial charge >= 0.3 is 0 Å². The Kier molecular flexibility index (Phi) is 7.64. The molecule has 2 aliphatic rings. The summed E-state index contributed by atoms with van der Waals surface area (Å²) in [5, 5.41) is 40.3. The maximum Gasteiger partial charge on any atom is 0.137 e. The van der Waals surface area contributed by atoms with Gasteiger partial charge in [0.1, 0.15) is 60.5 Å². The molecule has 1 saturated heterocycles. The Hall–Kier alpha value is -3.14. The van der Waals surface area contributed by atoms with Crippen LogP contribution in [-0.4, -0.2) is 71.3 Å². The summed E-state index contributed by atoms with van der Waals surface area (Å²) in [6, 6.07) is 21.2. The van der Waals surface area contributed by atoms with E-state index in [-0.39, 0.29) is 6.10 Å². The summed E-state index contributed by atoms with van der Waals surface area (Å²) in [5.41, 5.74) is 3.71. The summed E-state index contributed by atoms with van der Waals surface area (Å²) in [5.74, 6) is 2.35. The fourth-order valence-electron chi connectivity index (χ4n) is 4.95. The van der Waals surface area contributed by atoms with E-state index in [4.69, 9.17) is 18.9 Å². The van der Waals surface area contributed by atoms with Crippen LogP contribution >= 0.6 is 0 Å². The number of aliphatic hydroxyl groups is 4. The van der Waals surface area contributed by atoms with Crippen molar-refractivity contribution in [1.82, 2.24) is 0 Å². The Morgan fingerprint density at radius 2 is 1.70 bits per heavy atom. The SMILES string of the molecule is COc1ccc([C@@H]2O[C@H](CO)[C@@H](O)[C@H](O)[C@H]2O)cc1Cc1ccc(OCC2Cc3ccccc3O2)cc1. The highest BCUT2D eigenvalue weighted by Gasteiger charge is 2.44. The molecule has 0 spiro atoms. The lowest BCUT2D eigenvalue weighted by Crippen LogP contribution is -2.55. The van der Waals surface area contributed by atoms with E-state index in [1.807, 2.05) is 48.5 Å². The molecule has 0 aliphatic carbocycles. The molecule has 2 aliphatic heterocycles. The molecule has 0 saturated carbocycles. The zero-order valence-electron chi connectivity index (χ0n) is 20.6. The van der Waals surface area contributed by atoms with Gasteiger partial charge in [0.2, 0.25) is 0 Å². The summed E-state index contributed by atoms with van der Waals surface area (Å²) in [4.78, 5) is 0. The van der Waals surface area contributed by atoms with E-state index in [9.17, 15) is 20.4 Å². The summed E-state index contributed by atoms with van der Waals surface area (Å²) in [7, 11) is 1.59. The van der Waals surface area contributed by atoms with Crippen LogP contribution in [0.15, 0.2) is 66.7 Å². The van der Waals surface area contributed by atoms with Crippen LogP contribution in [0.2, 0.25) is 0 Å². The van der Waals surface area contributed by atoms with Gasteiger partial charge in [0.15, 0.2) is 0 Å². The zero-order chi connectivity index (χ0) is 25.9. The Labute approximate surface area is 215 Å².